The Labute approximate surface area is 90.8 Å². The topological polar surface area (TPSA) is 15.8 Å². The van der Waals surface area contributed by atoms with Gasteiger partial charge in [0.05, 0.1) is 0 Å². The third kappa shape index (κ3) is 1.96. The zero-order valence-corrected chi connectivity index (χ0v) is 9.43. The third-order valence-electron chi connectivity index (χ3n) is 2.74. The Hall–Kier alpha value is -1.50. The molecule has 0 atom stereocenters. The van der Waals surface area contributed by atoms with Crippen LogP contribution in [0.2, 0.25) is 0 Å². The number of allylic oxidation sites excluding steroid dienone is 1. The molecule has 1 N–H and O–H groups in total. The van der Waals surface area contributed by atoms with Gasteiger partial charge in [-0.25, -0.2) is 0 Å². The number of aryl methyl sites for hydroxylation is 3. The Kier molecular flexibility index (Phi) is 2.63. The number of fused-ring (bicyclic) bond motifs is 1. The minimum atomic E-state index is 1.03. The molecule has 1 aromatic carbocycles. The molecule has 0 saturated carbocycles. The lowest BCUT2D eigenvalue weighted by Gasteiger charge is -1.98. The van der Waals surface area contributed by atoms with E-state index in [-0.39, 0.29) is 0 Å². The van der Waals surface area contributed by atoms with Crippen molar-refractivity contribution < 1.29 is 0 Å². The first-order valence-corrected chi connectivity index (χ1v) is 5.40. The molecule has 0 saturated heterocycles. The van der Waals surface area contributed by atoms with Gasteiger partial charge in [-0.3, -0.25) is 0 Å². The Morgan fingerprint density at radius 2 is 2.07 bits per heavy atom. The second-order valence-electron chi connectivity index (χ2n) is 4.17. The van der Waals surface area contributed by atoms with E-state index < -0.39 is 0 Å². The van der Waals surface area contributed by atoms with Crippen LogP contribution in [0, 0.1) is 13.8 Å². The van der Waals surface area contributed by atoms with Gasteiger partial charge in [0, 0.05) is 16.6 Å². The van der Waals surface area contributed by atoms with Crippen LogP contribution in [-0.4, -0.2) is 4.98 Å². The average Bonchev–Trinajstić information content (AvgIpc) is 2.57. The van der Waals surface area contributed by atoms with E-state index in [1.165, 1.54) is 27.7 Å². The predicted molar refractivity (Wildman–Crippen MR) is 66.3 cm³/mol. The van der Waals surface area contributed by atoms with Gasteiger partial charge < -0.3 is 4.98 Å². The lowest BCUT2D eigenvalue weighted by atomic mass is 10.1. The van der Waals surface area contributed by atoms with E-state index >= 15 is 0 Å². The summed E-state index contributed by atoms with van der Waals surface area (Å²) in [6.45, 7) is 8.05. The Bertz CT molecular complexity index is 491. The van der Waals surface area contributed by atoms with Crippen molar-refractivity contribution in [3.8, 4) is 0 Å². The van der Waals surface area contributed by atoms with Crippen LogP contribution in [0.15, 0.2) is 30.9 Å². The maximum absolute atomic E-state index is 3.75. The quantitative estimate of drug-likeness (QED) is 0.721. The molecule has 0 aliphatic rings. The minimum absolute atomic E-state index is 1.03. The van der Waals surface area contributed by atoms with E-state index in [0.29, 0.717) is 0 Å². The molecule has 1 aromatic heterocycles. The summed E-state index contributed by atoms with van der Waals surface area (Å²) in [7, 11) is 0. The maximum atomic E-state index is 3.75. The van der Waals surface area contributed by atoms with Crippen molar-refractivity contribution in [1.82, 2.24) is 4.98 Å². The van der Waals surface area contributed by atoms with Crippen molar-refractivity contribution in [2.24, 2.45) is 0 Å². The van der Waals surface area contributed by atoms with Gasteiger partial charge >= 0.3 is 0 Å². The van der Waals surface area contributed by atoms with Crippen molar-refractivity contribution in [1.29, 1.82) is 0 Å². The Balaban J connectivity index is 2.45. The molecule has 15 heavy (non-hydrogen) atoms. The van der Waals surface area contributed by atoms with Crippen molar-refractivity contribution >= 4 is 10.9 Å². The second-order valence-corrected chi connectivity index (χ2v) is 4.17. The lowest BCUT2D eigenvalue weighted by Crippen LogP contribution is -1.82. The molecule has 0 fully saturated rings. The zero-order chi connectivity index (χ0) is 10.8. The molecule has 0 unspecified atom stereocenters. The smallest absolute Gasteiger partial charge is 0.0485 e. The summed E-state index contributed by atoms with van der Waals surface area (Å²) in [6.07, 6.45) is 4.05. The molecular weight excluding hydrogens is 182 g/mol. The first kappa shape index (κ1) is 10.0. The summed E-state index contributed by atoms with van der Waals surface area (Å²) in [5.41, 5.74) is 5.24. The fourth-order valence-corrected chi connectivity index (χ4v) is 2.06. The summed E-state index contributed by atoms with van der Waals surface area (Å²) in [5, 5.41) is 1.33. The Morgan fingerprint density at radius 3 is 2.80 bits per heavy atom. The predicted octanol–water partition coefficient (Wildman–Crippen LogP) is 3.90. The van der Waals surface area contributed by atoms with Gasteiger partial charge in [0.25, 0.3) is 0 Å². The van der Waals surface area contributed by atoms with E-state index in [1.807, 2.05) is 6.08 Å². The number of H-pyrrole nitrogens is 1. The van der Waals surface area contributed by atoms with Gasteiger partial charge in [-0.1, -0.05) is 17.7 Å². The Morgan fingerprint density at radius 1 is 1.27 bits per heavy atom. The molecule has 0 radical (unpaired) electrons. The molecule has 2 rings (SSSR count). The maximum Gasteiger partial charge on any atom is 0.0485 e. The molecule has 1 heteroatoms. The monoisotopic (exact) mass is 199 g/mol. The average molecular weight is 199 g/mol. The highest BCUT2D eigenvalue weighted by molar-refractivity contribution is 5.84. The molecular formula is C14H17N. The molecule has 0 aliphatic heterocycles. The SMILES string of the molecule is C=CCCc1cc2cc(C)cc(C)c2[nH]1. The third-order valence-corrected chi connectivity index (χ3v) is 2.74. The highest BCUT2D eigenvalue weighted by Gasteiger charge is 2.03. The molecule has 0 bridgehead atoms. The van der Waals surface area contributed by atoms with Gasteiger partial charge in [0.2, 0.25) is 0 Å². The first-order valence-electron chi connectivity index (χ1n) is 5.40. The minimum Gasteiger partial charge on any atom is -0.358 e. The van der Waals surface area contributed by atoms with Crippen molar-refractivity contribution in [3.05, 3.63) is 47.7 Å². The van der Waals surface area contributed by atoms with E-state index in [9.17, 15) is 0 Å². The largest absolute Gasteiger partial charge is 0.358 e. The number of aromatic amines is 1. The number of hydrogen-bond acceptors (Lipinski definition) is 0. The van der Waals surface area contributed by atoms with Crippen LogP contribution in [0.5, 0.6) is 0 Å². The van der Waals surface area contributed by atoms with Crippen LogP contribution in [0.1, 0.15) is 23.2 Å². The number of aromatic nitrogens is 1. The van der Waals surface area contributed by atoms with Crippen molar-refractivity contribution in [3.63, 3.8) is 0 Å². The zero-order valence-electron chi connectivity index (χ0n) is 9.43. The highest BCUT2D eigenvalue weighted by Crippen LogP contribution is 2.21. The van der Waals surface area contributed by atoms with Crippen molar-refractivity contribution in [2.75, 3.05) is 0 Å². The summed E-state index contributed by atoms with van der Waals surface area (Å²) in [6, 6.07) is 6.70. The van der Waals surface area contributed by atoms with Gasteiger partial charge in [0.1, 0.15) is 0 Å². The molecule has 0 aliphatic carbocycles. The van der Waals surface area contributed by atoms with E-state index in [2.05, 4.69) is 43.6 Å². The van der Waals surface area contributed by atoms with E-state index in [0.717, 1.165) is 12.8 Å². The normalized spacial score (nSPS) is 10.8. The van der Waals surface area contributed by atoms with Gasteiger partial charge in [-0.15, -0.1) is 6.58 Å². The molecule has 1 nitrogen and oxygen atoms in total. The van der Waals surface area contributed by atoms with Gasteiger partial charge in [-0.2, -0.15) is 0 Å². The second kappa shape index (κ2) is 3.93. The van der Waals surface area contributed by atoms with Crippen LogP contribution in [0.25, 0.3) is 10.9 Å². The molecule has 1 heterocycles. The summed E-state index contributed by atoms with van der Waals surface area (Å²) >= 11 is 0. The summed E-state index contributed by atoms with van der Waals surface area (Å²) in [4.78, 5) is 3.48. The summed E-state index contributed by atoms with van der Waals surface area (Å²) in [5.74, 6) is 0. The van der Waals surface area contributed by atoms with Crippen LogP contribution >= 0.6 is 0 Å². The molecule has 0 spiro atoms. The van der Waals surface area contributed by atoms with Crippen LogP contribution in [0.4, 0.5) is 0 Å². The van der Waals surface area contributed by atoms with Crippen LogP contribution in [-0.2, 0) is 6.42 Å². The molecule has 2 aromatic rings. The van der Waals surface area contributed by atoms with E-state index in [1.54, 1.807) is 0 Å². The number of rotatable bonds is 3. The standard InChI is InChI=1S/C14H17N/c1-4-5-6-13-9-12-8-10(2)7-11(3)14(12)15-13/h4,7-9,15H,1,5-6H2,2-3H3. The van der Waals surface area contributed by atoms with E-state index in [4.69, 9.17) is 0 Å². The highest BCUT2D eigenvalue weighted by atomic mass is 14.7. The molecule has 78 valence electrons. The van der Waals surface area contributed by atoms with Crippen LogP contribution in [0.3, 0.4) is 0 Å². The first-order chi connectivity index (χ1) is 7.20. The number of hydrogen-bond donors (Lipinski definition) is 1. The molecule has 0 amide bonds. The van der Waals surface area contributed by atoms with Crippen molar-refractivity contribution in [2.45, 2.75) is 26.7 Å². The fraction of sp³-hybridized carbons (Fsp3) is 0.286. The lowest BCUT2D eigenvalue weighted by molar-refractivity contribution is 0.966. The summed E-state index contributed by atoms with van der Waals surface area (Å²) < 4.78 is 0. The number of benzene rings is 1. The number of nitrogens with one attached hydrogen (secondary N) is 1. The fourth-order valence-electron chi connectivity index (χ4n) is 2.06. The van der Waals surface area contributed by atoms with Gasteiger partial charge in [-0.05, 0) is 44.4 Å². The van der Waals surface area contributed by atoms with Gasteiger partial charge in [0.15, 0.2) is 0 Å². The van der Waals surface area contributed by atoms with Crippen LogP contribution < -0.4 is 0 Å².